The van der Waals surface area contributed by atoms with Crippen LogP contribution in [-0.2, 0) is 9.53 Å². The third-order valence-electron chi connectivity index (χ3n) is 7.53. The smallest absolute Gasteiger partial charge is 0.337 e. The molecular formula is C32H44N2O4. The number of esters is 1. The molecule has 0 aliphatic carbocycles. The summed E-state index contributed by atoms with van der Waals surface area (Å²) in [5, 5.41) is 9.47. The third kappa shape index (κ3) is 8.78. The molecule has 1 N–H and O–H groups in total. The summed E-state index contributed by atoms with van der Waals surface area (Å²) in [7, 11) is 0. The third-order valence-corrected chi connectivity index (χ3v) is 7.53. The zero-order valence-electron chi connectivity index (χ0n) is 23.4. The number of nitrogens with zero attached hydrogens (tertiary/aromatic N) is 2. The van der Waals surface area contributed by atoms with Crippen molar-refractivity contribution in [3.63, 3.8) is 0 Å². The lowest BCUT2D eigenvalue weighted by Crippen LogP contribution is -2.10. The Balaban J connectivity index is 1.38. The van der Waals surface area contributed by atoms with Crippen molar-refractivity contribution in [2.75, 3.05) is 0 Å². The van der Waals surface area contributed by atoms with Crippen LogP contribution in [0.4, 0.5) is 0 Å². The maximum Gasteiger partial charge on any atom is 0.337 e. The highest BCUT2D eigenvalue weighted by Gasteiger charge is 2.18. The number of carboxylic acid groups (broad SMARTS) is 1. The minimum absolute atomic E-state index is 0.120. The number of benzene rings is 2. The summed E-state index contributed by atoms with van der Waals surface area (Å²) < 4.78 is 5.73. The van der Waals surface area contributed by atoms with Crippen molar-refractivity contribution < 1.29 is 19.4 Å². The molecule has 2 aromatic carbocycles. The normalized spacial score (nSPS) is 13.0. The van der Waals surface area contributed by atoms with Gasteiger partial charge in [-0.25, -0.2) is 14.8 Å². The SMILES string of the molecule is CCC(C)CCCCCCCCCCCCC(=O)OC(C)c1cccc2nc3c(C(=O)O)cccc3nc12. The molecule has 0 saturated carbocycles. The number of hydrogen-bond acceptors (Lipinski definition) is 5. The topological polar surface area (TPSA) is 89.4 Å². The van der Waals surface area contributed by atoms with Gasteiger partial charge >= 0.3 is 11.9 Å². The van der Waals surface area contributed by atoms with Gasteiger partial charge in [0.25, 0.3) is 0 Å². The number of unbranched alkanes of at least 4 members (excludes halogenated alkanes) is 9. The number of rotatable bonds is 17. The lowest BCUT2D eigenvalue weighted by molar-refractivity contribution is -0.148. The molecular weight excluding hydrogens is 476 g/mol. The molecule has 206 valence electrons. The van der Waals surface area contributed by atoms with Crippen LogP contribution >= 0.6 is 0 Å². The van der Waals surface area contributed by atoms with Gasteiger partial charge in [-0.3, -0.25) is 4.79 Å². The molecule has 2 unspecified atom stereocenters. The fourth-order valence-electron chi connectivity index (χ4n) is 4.94. The van der Waals surface area contributed by atoms with Crippen molar-refractivity contribution in [3.8, 4) is 0 Å². The van der Waals surface area contributed by atoms with Gasteiger partial charge in [0.1, 0.15) is 11.6 Å². The fraction of sp³-hybridized carbons (Fsp3) is 0.562. The number of aromatic carboxylic acids is 1. The Morgan fingerprint density at radius 2 is 1.34 bits per heavy atom. The first-order valence-corrected chi connectivity index (χ1v) is 14.5. The highest BCUT2D eigenvalue weighted by molar-refractivity contribution is 6.02. The molecule has 0 amide bonds. The molecule has 0 saturated heterocycles. The van der Waals surface area contributed by atoms with E-state index in [9.17, 15) is 14.7 Å². The summed E-state index contributed by atoms with van der Waals surface area (Å²) in [6.45, 7) is 6.47. The van der Waals surface area contributed by atoms with E-state index >= 15 is 0 Å². The van der Waals surface area contributed by atoms with Crippen LogP contribution in [0.2, 0.25) is 0 Å². The van der Waals surface area contributed by atoms with E-state index in [1.54, 1.807) is 18.2 Å². The number of fused-ring (bicyclic) bond motifs is 2. The average Bonchev–Trinajstić information content (AvgIpc) is 2.91. The van der Waals surface area contributed by atoms with Crippen molar-refractivity contribution >= 4 is 34.0 Å². The van der Waals surface area contributed by atoms with Crippen LogP contribution in [0.5, 0.6) is 0 Å². The molecule has 0 spiro atoms. The lowest BCUT2D eigenvalue weighted by atomic mass is 9.99. The van der Waals surface area contributed by atoms with Crippen LogP contribution in [0.25, 0.3) is 22.1 Å². The van der Waals surface area contributed by atoms with E-state index in [2.05, 4.69) is 23.8 Å². The number of carboxylic acids is 1. The first-order valence-electron chi connectivity index (χ1n) is 14.5. The predicted molar refractivity (Wildman–Crippen MR) is 153 cm³/mol. The summed E-state index contributed by atoms with van der Waals surface area (Å²) in [5.41, 5.74) is 2.95. The minimum Gasteiger partial charge on any atom is -0.478 e. The van der Waals surface area contributed by atoms with Crippen LogP contribution in [0.1, 0.15) is 126 Å². The Morgan fingerprint density at radius 3 is 1.97 bits per heavy atom. The van der Waals surface area contributed by atoms with Crippen molar-refractivity contribution in [2.45, 2.75) is 110 Å². The molecule has 0 radical (unpaired) electrons. The van der Waals surface area contributed by atoms with Gasteiger partial charge in [0, 0.05) is 12.0 Å². The van der Waals surface area contributed by atoms with Gasteiger partial charge in [0.2, 0.25) is 0 Å². The maximum atomic E-state index is 12.5. The van der Waals surface area contributed by atoms with E-state index in [1.165, 1.54) is 70.3 Å². The Hall–Kier alpha value is -3.02. The average molecular weight is 521 g/mol. The van der Waals surface area contributed by atoms with Crippen LogP contribution in [0.15, 0.2) is 36.4 Å². The number of carbonyl (C=O) groups excluding carboxylic acids is 1. The molecule has 0 fully saturated rings. The molecule has 3 aromatic rings. The van der Waals surface area contributed by atoms with Crippen molar-refractivity contribution in [2.24, 2.45) is 5.92 Å². The van der Waals surface area contributed by atoms with Gasteiger partial charge in [-0.1, -0.05) is 103 Å². The fourth-order valence-corrected chi connectivity index (χ4v) is 4.94. The summed E-state index contributed by atoms with van der Waals surface area (Å²) in [5.74, 6) is -0.362. The summed E-state index contributed by atoms with van der Waals surface area (Å²) in [6, 6.07) is 10.4. The van der Waals surface area contributed by atoms with E-state index in [1.807, 2.05) is 19.1 Å². The molecule has 0 bridgehead atoms. The summed E-state index contributed by atoms with van der Waals surface area (Å²) in [4.78, 5) is 33.3. The van der Waals surface area contributed by atoms with Gasteiger partial charge in [-0.15, -0.1) is 0 Å². The van der Waals surface area contributed by atoms with Gasteiger partial charge in [-0.05, 0) is 37.5 Å². The second kappa shape index (κ2) is 15.4. The van der Waals surface area contributed by atoms with Crippen molar-refractivity contribution in [3.05, 3.63) is 47.5 Å². The molecule has 0 aliphatic rings. The zero-order chi connectivity index (χ0) is 27.3. The van der Waals surface area contributed by atoms with Crippen molar-refractivity contribution in [1.29, 1.82) is 0 Å². The highest BCUT2D eigenvalue weighted by Crippen LogP contribution is 2.27. The largest absolute Gasteiger partial charge is 0.478 e. The van der Waals surface area contributed by atoms with Gasteiger partial charge in [0.05, 0.1) is 22.1 Å². The molecule has 1 heterocycles. The Morgan fingerprint density at radius 1 is 0.789 bits per heavy atom. The van der Waals surface area contributed by atoms with E-state index in [4.69, 9.17) is 4.74 Å². The van der Waals surface area contributed by atoms with E-state index in [0.717, 1.165) is 24.3 Å². The number of ether oxygens (including phenoxy) is 1. The number of hydrogen-bond donors (Lipinski definition) is 1. The van der Waals surface area contributed by atoms with Crippen LogP contribution in [0, 0.1) is 5.92 Å². The summed E-state index contributed by atoms with van der Waals surface area (Å²) >= 11 is 0. The monoisotopic (exact) mass is 520 g/mol. The molecule has 6 nitrogen and oxygen atoms in total. The molecule has 0 aliphatic heterocycles. The minimum atomic E-state index is -1.04. The zero-order valence-corrected chi connectivity index (χ0v) is 23.4. The molecule has 2 atom stereocenters. The molecule has 1 aromatic heterocycles. The second-order valence-corrected chi connectivity index (χ2v) is 10.6. The number of para-hydroxylation sites is 2. The Bertz CT molecular complexity index is 1190. The predicted octanol–water partition coefficient (Wildman–Crippen LogP) is 8.81. The maximum absolute atomic E-state index is 12.5. The van der Waals surface area contributed by atoms with Crippen LogP contribution in [-0.4, -0.2) is 27.0 Å². The highest BCUT2D eigenvalue weighted by atomic mass is 16.5. The van der Waals surface area contributed by atoms with Gasteiger partial charge in [-0.2, -0.15) is 0 Å². The van der Waals surface area contributed by atoms with Gasteiger partial charge < -0.3 is 9.84 Å². The van der Waals surface area contributed by atoms with Crippen molar-refractivity contribution in [1.82, 2.24) is 9.97 Å². The van der Waals surface area contributed by atoms with E-state index in [-0.39, 0.29) is 11.5 Å². The summed E-state index contributed by atoms with van der Waals surface area (Å²) in [6.07, 6.45) is 15.0. The van der Waals surface area contributed by atoms with Crippen LogP contribution in [0.3, 0.4) is 0 Å². The Labute approximate surface area is 227 Å². The second-order valence-electron chi connectivity index (χ2n) is 10.6. The van der Waals surface area contributed by atoms with E-state index < -0.39 is 12.1 Å². The molecule has 38 heavy (non-hydrogen) atoms. The molecule has 3 rings (SSSR count). The quantitative estimate of drug-likeness (QED) is 0.109. The number of aromatic nitrogens is 2. The standard InChI is InChI=1S/C32H44N2O4/c1-4-23(2)17-13-11-9-7-5-6-8-10-12-14-22-29(35)38-24(3)25-18-15-20-27-30(25)33-28-21-16-19-26(32(36)37)31(28)34-27/h15-16,18-21,23-24H,4-14,17,22H2,1-3H3,(H,36,37). The molecule has 6 heteroatoms. The van der Waals surface area contributed by atoms with Crippen LogP contribution < -0.4 is 0 Å². The van der Waals surface area contributed by atoms with Gasteiger partial charge in [0.15, 0.2) is 0 Å². The first kappa shape index (κ1) is 29.5. The lowest BCUT2D eigenvalue weighted by Gasteiger charge is -2.15. The number of carbonyl (C=O) groups is 2. The first-order chi connectivity index (χ1) is 18.4. The van der Waals surface area contributed by atoms with E-state index in [0.29, 0.717) is 28.5 Å². The Kier molecular flexibility index (Phi) is 12.0.